The molecule has 134 valence electrons. The summed E-state index contributed by atoms with van der Waals surface area (Å²) in [6.45, 7) is 0.306. The van der Waals surface area contributed by atoms with Gasteiger partial charge in [0.1, 0.15) is 0 Å². The zero-order valence-electron chi connectivity index (χ0n) is 13.9. The van der Waals surface area contributed by atoms with Gasteiger partial charge >= 0.3 is 5.97 Å². The number of hydrogen-bond acceptors (Lipinski definition) is 4. The van der Waals surface area contributed by atoms with Crippen LogP contribution < -0.4 is 10.2 Å². The molecule has 1 saturated heterocycles. The number of esters is 1. The molecule has 1 fully saturated rings. The number of halogens is 1. The molecule has 7 heteroatoms. The van der Waals surface area contributed by atoms with Crippen LogP contribution in [0, 0.1) is 3.57 Å². The summed E-state index contributed by atoms with van der Waals surface area (Å²) in [6.07, 6.45) is 1.38. The summed E-state index contributed by atoms with van der Waals surface area (Å²) in [7, 11) is 0. The van der Waals surface area contributed by atoms with Crippen LogP contribution in [0.1, 0.15) is 23.2 Å². The van der Waals surface area contributed by atoms with E-state index in [2.05, 4.69) is 27.9 Å². The van der Waals surface area contributed by atoms with Crippen molar-refractivity contribution >= 4 is 51.7 Å². The molecule has 0 radical (unpaired) electrons. The predicted octanol–water partition coefficient (Wildman–Crippen LogP) is 3.21. The van der Waals surface area contributed by atoms with E-state index in [0.29, 0.717) is 24.2 Å². The van der Waals surface area contributed by atoms with Crippen LogP contribution in [0.3, 0.4) is 0 Å². The van der Waals surface area contributed by atoms with E-state index in [4.69, 9.17) is 4.74 Å². The van der Waals surface area contributed by atoms with Crippen molar-refractivity contribution in [1.82, 2.24) is 0 Å². The van der Waals surface area contributed by atoms with Crippen LogP contribution in [0.15, 0.2) is 48.5 Å². The van der Waals surface area contributed by atoms with Gasteiger partial charge in [0.15, 0.2) is 6.61 Å². The fraction of sp³-hybridized carbons (Fsp3) is 0.211. The maximum atomic E-state index is 12.0. The monoisotopic (exact) mass is 464 g/mol. The van der Waals surface area contributed by atoms with E-state index in [9.17, 15) is 14.4 Å². The zero-order chi connectivity index (χ0) is 18.5. The van der Waals surface area contributed by atoms with Crippen LogP contribution in [0.5, 0.6) is 0 Å². The number of rotatable bonds is 5. The number of nitrogens with one attached hydrogen (secondary N) is 1. The van der Waals surface area contributed by atoms with Gasteiger partial charge in [0.2, 0.25) is 5.91 Å². The summed E-state index contributed by atoms with van der Waals surface area (Å²) >= 11 is 2.10. The topological polar surface area (TPSA) is 75.7 Å². The molecule has 6 nitrogen and oxygen atoms in total. The molecule has 1 heterocycles. The van der Waals surface area contributed by atoms with Gasteiger partial charge in [-0.25, -0.2) is 4.79 Å². The van der Waals surface area contributed by atoms with Crippen molar-refractivity contribution in [3.63, 3.8) is 0 Å². The first kappa shape index (κ1) is 18.4. The molecule has 0 unspecified atom stereocenters. The summed E-state index contributed by atoms with van der Waals surface area (Å²) in [5.74, 6) is -0.899. The molecule has 1 aliphatic rings. The highest BCUT2D eigenvalue weighted by Crippen LogP contribution is 2.24. The van der Waals surface area contributed by atoms with E-state index in [1.54, 1.807) is 41.3 Å². The van der Waals surface area contributed by atoms with Crippen molar-refractivity contribution in [3.05, 3.63) is 57.7 Å². The van der Waals surface area contributed by atoms with Gasteiger partial charge in [0, 0.05) is 27.9 Å². The Balaban J connectivity index is 1.56. The number of amides is 2. The van der Waals surface area contributed by atoms with Crippen molar-refractivity contribution in [2.75, 3.05) is 23.4 Å². The van der Waals surface area contributed by atoms with E-state index in [1.807, 2.05) is 12.1 Å². The van der Waals surface area contributed by atoms with Crippen LogP contribution in [-0.2, 0) is 14.3 Å². The average Bonchev–Trinajstić information content (AvgIpc) is 3.06. The first-order valence-electron chi connectivity index (χ1n) is 8.16. The van der Waals surface area contributed by atoms with Gasteiger partial charge in [-0.1, -0.05) is 12.1 Å². The molecule has 0 aromatic heterocycles. The second-order valence-corrected chi connectivity index (χ2v) is 7.08. The Bertz CT molecular complexity index is 853. The van der Waals surface area contributed by atoms with Crippen molar-refractivity contribution < 1.29 is 19.1 Å². The third-order valence-corrected chi connectivity index (χ3v) is 4.58. The molecule has 0 aliphatic carbocycles. The Morgan fingerprint density at radius 2 is 1.96 bits per heavy atom. The van der Waals surface area contributed by atoms with E-state index >= 15 is 0 Å². The Labute approximate surface area is 164 Å². The fourth-order valence-corrected chi connectivity index (χ4v) is 3.24. The number of anilines is 2. The maximum Gasteiger partial charge on any atom is 0.338 e. The Morgan fingerprint density at radius 1 is 1.15 bits per heavy atom. The first-order chi connectivity index (χ1) is 12.5. The lowest BCUT2D eigenvalue weighted by Crippen LogP contribution is -2.24. The normalized spacial score (nSPS) is 13.6. The van der Waals surface area contributed by atoms with Gasteiger partial charge in [0.05, 0.1) is 5.56 Å². The van der Waals surface area contributed by atoms with Gasteiger partial charge in [-0.15, -0.1) is 0 Å². The zero-order valence-corrected chi connectivity index (χ0v) is 16.1. The number of carbonyl (C=O) groups is 3. The predicted molar refractivity (Wildman–Crippen MR) is 106 cm³/mol. The first-order valence-corrected chi connectivity index (χ1v) is 9.24. The van der Waals surface area contributed by atoms with Crippen molar-refractivity contribution in [2.24, 2.45) is 0 Å². The van der Waals surface area contributed by atoms with Gasteiger partial charge in [-0.3, -0.25) is 9.59 Å². The number of hydrogen-bond donors (Lipinski definition) is 1. The second-order valence-electron chi connectivity index (χ2n) is 5.83. The summed E-state index contributed by atoms with van der Waals surface area (Å²) < 4.78 is 5.96. The lowest BCUT2D eigenvalue weighted by molar-refractivity contribution is -0.119. The third kappa shape index (κ3) is 4.60. The third-order valence-electron chi connectivity index (χ3n) is 3.91. The number of nitrogens with zero attached hydrogens (tertiary/aromatic N) is 1. The van der Waals surface area contributed by atoms with Crippen molar-refractivity contribution in [3.8, 4) is 0 Å². The molecule has 0 spiro atoms. The molecule has 0 saturated carbocycles. The fourth-order valence-electron chi connectivity index (χ4n) is 2.70. The summed E-state index contributed by atoms with van der Waals surface area (Å²) in [6, 6.07) is 14.0. The maximum absolute atomic E-state index is 12.0. The SMILES string of the molecule is O=C(COC(=O)c1cccc(I)c1)Nc1cccc(N2CCCC2=O)c1. The molecule has 1 N–H and O–H groups in total. The number of carbonyl (C=O) groups excluding carboxylic acids is 3. The van der Waals surface area contributed by atoms with Crippen LogP contribution in [-0.4, -0.2) is 30.9 Å². The van der Waals surface area contributed by atoms with E-state index < -0.39 is 11.9 Å². The quantitative estimate of drug-likeness (QED) is 0.545. The van der Waals surface area contributed by atoms with Crippen LogP contribution >= 0.6 is 22.6 Å². The van der Waals surface area contributed by atoms with E-state index in [-0.39, 0.29) is 12.5 Å². The van der Waals surface area contributed by atoms with Crippen LogP contribution in [0.2, 0.25) is 0 Å². The molecule has 2 aromatic rings. The minimum absolute atomic E-state index is 0.0832. The van der Waals surface area contributed by atoms with Gasteiger partial charge in [-0.2, -0.15) is 0 Å². The number of ether oxygens (including phenoxy) is 1. The molecular weight excluding hydrogens is 447 g/mol. The minimum Gasteiger partial charge on any atom is -0.452 e. The van der Waals surface area contributed by atoms with Crippen molar-refractivity contribution in [1.29, 1.82) is 0 Å². The van der Waals surface area contributed by atoms with Gasteiger partial charge in [0.25, 0.3) is 5.91 Å². The van der Waals surface area contributed by atoms with Crippen molar-refractivity contribution in [2.45, 2.75) is 12.8 Å². The molecular formula is C19H17IN2O4. The highest BCUT2D eigenvalue weighted by molar-refractivity contribution is 14.1. The Kier molecular flexibility index (Phi) is 5.87. The smallest absolute Gasteiger partial charge is 0.338 e. The Morgan fingerprint density at radius 3 is 2.69 bits per heavy atom. The Hall–Kier alpha value is -2.42. The standard InChI is InChI=1S/C19H17IN2O4/c20-14-5-1-4-13(10-14)19(25)26-12-17(23)21-15-6-2-7-16(11-15)22-9-3-8-18(22)24/h1-2,4-7,10-11H,3,8-9,12H2,(H,21,23). The molecule has 2 aromatic carbocycles. The summed E-state index contributed by atoms with van der Waals surface area (Å²) in [5, 5.41) is 2.68. The van der Waals surface area contributed by atoms with E-state index in [0.717, 1.165) is 15.7 Å². The summed E-state index contributed by atoms with van der Waals surface area (Å²) in [5.41, 5.74) is 1.71. The molecule has 3 rings (SSSR count). The molecule has 26 heavy (non-hydrogen) atoms. The molecule has 2 amide bonds. The molecule has 1 aliphatic heterocycles. The number of benzene rings is 2. The lowest BCUT2D eigenvalue weighted by Gasteiger charge is -2.16. The van der Waals surface area contributed by atoms with Crippen LogP contribution in [0.4, 0.5) is 11.4 Å². The van der Waals surface area contributed by atoms with Gasteiger partial charge in [-0.05, 0) is 65.4 Å². The second kappa shape index (κ2) is 8.31. The van der Waals surface area contributed by atoms with Crippen LogP contribution in [0.25, 0.3) is 0 Å². The largest absolute Gasteiger partial charge is 0.452 e. The van der Waals surface area contributed by atoms with E-state index in [1.165, 1.54) is 0 Å². The summed E-state index contributed by atoms with van der Waals surface area (Å²) in [4.78, 5) is 37.5. The lowest BCUT2D eigenvalue weighted by atomic mass is 10.2. The highest BCUT2D eigenvalue weighted by Gasteiger charge is 2.21. The average molecular weight is 464 g/mol. The highest BCUT2D eigenvalue weighted by atomic mass is 127. The van der Waals surface area contributed by atoms with Gasteiger partial charge < -0.3 is 15.0 Å². The molecule has 0 bridgehead atoms. The minimum atomic E-state index is -0.546. The molecule has 0 atom stereocenters.